The smallest absolute Gasteiger partial charge is 0.262 e. The van der Waals surface area contributed by atoms with Crippen LogP contribution in [0, 0.1) is 5.82 Å². The summed E-state index contributed by atoms with van der Waals surface area (Å²) in [6, 6.07) is 11.1. The monoisotopic (exact) mass is 384 g/mol. The molecule has 1 heterocycles. The lowest BCUT2D eigenvalue weighted by atomic mass is 10.1. The molecule has 0 aliphatic heterocycles. The SMILES string of the molecule is C=CCn1c(SCC(=O)c2ccc(OC)cc2F)nc2ccccc2c1=O. The molecule has 1 aromatic heterocycles. The topological polar surface area (TPSA) is 61.2 Å². The average Bonchev–Trinajstić information content (AvgIpc) is 2.68. The first-order chi connectivity index (χ1) is 13.0. The van der Waals surface area contributed by atoms with Gasteiger partial charge >= 0.3 is 0 Å². The van der Waals surface area contributed by atoms with E-state index in [1.807, 2.05) is 0 Å². The van der Waals surface area contributed by atoms with Crippen molar-refractivity contribution in [2.45, 2.75) is 11.7 Å². The largest absolute Gasteiger partial charge is 0.497 e. The van der Waals surface area contributed by atoms with Gasteiger partial charge in [-0.25, -0.2) is 9.37 Å². The second kappa shape index (κ2) is 8.18. The third-order valence-corrected chi connectivity index (χ3v) is 4.92. The number of Topliss-reactive ketones (excluding diaryl/α,β-unsaturated/α-hetero) is 1. The van der Waals surface area contributed by atoms with Crippen LogP contribution < -0.4 is 10.3 Å². The fourth-order valence-electron chi connectivity index (χ4n) is 2.60. The summed E-state index contributed by atoms with van der Waals surface area (Å²) in [6.07, 6.45) is 1.59. The van der Waals surface area contributed by atoms with Gasteiger partial charge in [0.25, 0.3) is 5.56 Å². The van der Waals surface area contributed by atoms with Crippen molar-refractivity contribution in [3.8, 4) is 5.75 Å². The molecule has 0 spiro atoms. The summed E-state index contributed by atoms with van der Waals surface area (Å²) in [4.78, 5) is 29.6. The van der Waals surface area contributed by atoms with Gasteiger partial charge < -0.3 is 4.74 Å². The van der Waals surface area contributed by atoms with Crippen molar-refractivity contribution in [3.63, 3.8) is 0 Å². The maximum Gasteiger partial charge on any atom is 0.262 e. The lowest BCUT2D eigenvalue weighted by molar-refractivity contribution is 0.101. The molecule has 2 aromatic carbocycles. The van der Waals surface area contributed by atoms with E-state index < -0.39 is 11.6 Å². The first-order valence-corrected chi connectivity index (χ1v) is 9.13. The number of ketones is 1. The number of nitrogens with zero attached hydrogens (tertiary/aromatic N) is 2. The number of allylic oxidation sites excluding steroid dienone is 1. The summed E-state index contributed by atoms with van der Waals surface area (Å²) >= 11 is 1.09. The summed E-state index contributed by atoms with van der Waals surface area (Å²) in [6.45, 7) is 3.93. The second-order valence-corrected chi connectivity index (χ2v) is 6.62. The van der Waals surface area contributed by atoms with E-state index in [9.17, 15) is 14.0 Å². The first-order valence-electron chi connectivity index (χ1n) is 8.15. The molecular formula is C20H17FN2O3S. The summed E-state index contributed by atoms with van der Waals surface area (Å²) in [5.41, 5.74) is 0.321. The van der Waals surface area contributed by atoms with Gasteiger partial charge in [0.2, 0.25) is 0 Å². The van der Waals surface area contributed by atoms with Gasteiger partial charge in [0.1, 0.15) is 11.6 Å². The molecule has 0 radical (unpaired) electrons. The number of para-hydroxylation sites is 1. The average molecular weight is 384 g/mol. The Labute approximate surface area is 159 Å². The highest BCUT2D eigenvalue weighted by Gasteiger charge is 2.16. The van der Waals surface area contributed by atoms with Crippen LogP contribution in [0.5, 0.6) is 5.75 Å². The van der Waals surface area contributed by atoms with E-state index in [0.29, 0.717) is 21.8 Å². The molecule has 0 unspecified atom stereocenters. The highest BCUT2D eigenvalue weighted by molar-refractivity contribution is 7.99. The number of fused-ring (bicyclic) bond motifs is 1. The molecule has 0 fully saturated rings. The van der Waals surface area contributed by atoms with Gasteiger partial charge in [-0.15, -0.1) is 6.58 Å². The zero-order valence-corrected chi connectivity index (χ0v) is 15.5. The van der Waals surface area contributed by atoms with Gasteiger partial charge in [-0.3, -0.25) is 14.2 Å². The Morgan fingerprint density at radius 2 is 2.11 bits per heavy atom. The van der Waals surface area contributed by atoms with Crippen LogP contribution >= 0.6 is 11.8 Å². The number of ether oxygens (including phenoxy) is 1. The van der Waals surface area contributed by atoms with Crippen LogP contribution in [-0.2, 0) is 6.54 Å². The molecule has 138 valence electrons. The maximum atomic E-state index is 14.1. The summed E-state index contributed by atoms with van der Waals surface area (Å²) in [5, 5.41) is 0.886. The van der Waals surface area contributed by atoms with Crippen LogP contribution in [-0.4, -0.2) is 28.2 Å². The standard InChI is InChI=1S/C20H17FN2O3S/c1-3-10-23-19(25)15-6-4-5-7-17(15)22-20(23)27-12-18(24)14-9-8-13(26-2)11-16(14)21/h3-9,11H,1,10,12H2,2H3. The van der Waals surface area contributed by atoms with Crippen molar-refractivity contribution < 1.29 is 13.9 Å². The summed E-state index contributed by atoms with van der Waals surface area (Å²) < 4.78 is 20.5. The van der Waals surface area contributed by atoms with Crippen molar-refractivity contribution >= 4 is 28.4 Å². The third-order valence-electron chi connectivity index (χ3n) is 3.95. The molecule has 0 aliphatic carbocycles. The van der Waals surface area contributed by atoms with Crippen molar-refractivity contribution in [1.82, 2.24) is 9.55 Å². The Kier molecular flexibility index (Phi) is 5.71. The van der Waals surface area contributed by atoms with Gasteiger partial charge in [0.05, 0.1) is 29.3 Å². The summed E-state index contributed by atoms with van der Waals surface area (Å²) in [5.74, 6) is -0.749. The van der Waals surface area contributed by atoms with Crippen LogP contribution in [0.2, 0.25) is 0 Å². The highest BCUT2D eigenvalue weighted by atomic mass is 32.2. The Bertz CT molecular complexity index is 1080. The number of carbonyl (C=O) groups excluding carboxylic acids is 1. The number of methoxy groups -OCH3 is 1. The predicted molar refractivity (Wildman–Crippen MR) is 104 cm³/mol. The highest BCUT2D eigenvalue weighted by Crippen LogP contribution is 2.22. The van der Waals surface area contributed by atoms with Gasteiger partial charge in [-0.1, -0.05) is 30.0 Å². The molecule has 3 aromatic rings. The van der Waals surface area contributed by atoms with E-state index in [1.54, 1.807) is 30.3 Å². The first kappa shape index (κ1) is 18.8. The molecule has 0 atom stereocenters. The number of hydrogen-bond acceptors (Lipinski definition) is 5. The van der Waals surface area contributed by atoms with Gasteiger partial charge in [0, 0.05) is 12.6 Å². The normalized spacial score (nSPS) is 10.7. The van der Waals surface area contributed by atoms with Crippen molar-refractivity contribution in [2.75, 3.05) is 12.9 Å². The number of halogens is 1. The summed E-state index contributed by atoms with van der Waals surface area (Å²) in [7, 11) is 1.43. The lowest BCUT2D eigenvalue weighted by Crippen LogP contribution is -2.23. The van der Waals surface area contributed by atoms with Gasteiger partial charge in [-0.05, 0) is 24.3 Å². The minimum Gasteiger partial charge on any atom is -0.497 e. The Morgan fingerprint density at radius 3 is 2.81 bits per heavy atom. The number of carbonyl (C=O) groups is 1. The predicted octanol–water partition coefficient (Wildman–Crippen LogP) is 3.71. The molecule has 3 rings (SSSR count). The van der Waals surface area contributed by atoms with Crippen LogP contribution in [0.25, 0.3) is 10.9 Å². The molecule has 7 heteroatoms. The van der Waals surface area contributed by atoms with E-state index in [4.69, 9.17) is 4.74 Å². The molecule has 0 aliphatic rings. The molecule has 0 bridgehead atoms. The molecule has 0 saturated carbocycles. The van der Waals surface area contributed by atoms with Crippen molar-refractivity contribution in [3.05, 3.63) is 76.9 Å². The van der Waals surface area contributed by atoms with E-state index >= 15 is 0 Å². The number of benzene rings is 2. The number of thioether (sulfide) groups is 1. The Morgan fingerprint density at radius 1 is 1.33 bits per heavy atom. The second-order valence-electron chi connectivity index (χ2n) is 5.67. The third kappa shape index (κ3) is 3.93. The number of aromatic nitrogens is 2. The van der Waals surface area contributed by atoms with E-state index in [2.05, 4.69) is 11.6 Å². The Hall–Kier alpha value is -2.93. The van der Waals surface area contributed by atoms with Crippen LogP contribution in [0.15, 0.2) is 65.1 Å². The van der Waals surface area contributed by atoms with Gasteiger partial charge in [-0.2, -0.15) is 0 Å². The zero-order valence-electron chi connectivity index (χ0n) is 14.6. The molecule has 0 N–H and O–H groups in total. The lowest BCUT2D eigenvalue weighted by Gasteiger charge is -2.11. The fraction of sp³-hybridized carbons (Fsp3) is 0.150. The number of hydrogen-bond donors (Lipinski definition) is 0. The fourth-order valence-corrected chi connectivity index (χ4v) is 3.50. The quantitative estimate of drug-likeness (QED) is 0.269. The van der Waals surface area contributed by atoms with Crippen molar-refractivity contribution in [1.29, 1.82) is 0 Å². The minimum absolute atomic E-state index is 0.0262. The Balaban J connectivity index is 1.90. The van der Waals surface area contributed by atoms with Crippen LogP contribution in [0.1, 0.15) is 10.4 Å². The molecule has 5 nitrogen and oxygen atoms in total. The van der Waals surface area contributed by atoms with E-state index in [0.717, 1.165) is 11.8 Å². The van der Waals surface area contributed by atoms with E-state index in [1.165, 1.54) is 29.9 Å². The molecule has 27 heavy (non-hydrogen) atoms. The van der Waals surface area contributed by atoms with Crippen LogP contribution in [0.4, 0.5) is 4.39 Å². The molecule has 0 saturated heterocycles. The zero-order chi connectivity index (χ0) is 19.4. The number of rotatable bonds is 7. The molecule has 0 amide bonds. The maximum absolute atomic E-state index is 14.1. The van der Waals surface area contributed by atoms with Crippen molar-refractivity contribution in [2.24, 2.45) is 0 Å². The van der Waals surface area contributed by atoms with Gasteiger partial charge in [0.15, 0.2) is 10.9 Å². The molecular weight excluding hydrogens is 367 g/mol. The van der Waals surface area contributed by atoms with E-state index in [-0.39, 0.29) is 23.4 Å². The van der Waals surface area contributed by atoms with Crippen LogP contribution in [0.3, 0.4) is 0 Å². The minimum atomic E-state index is -0.644.